The number of nitrogens with zero attached hydrogens (tertiary/aromatic N) is 1. The Morgan fingerprint density at radius 3 is 2.26 bits per heavy atom. The Morgan fingerprint density at radius 2 is 1.74 bits per heavy atom. The van der Waals surface area contributed by atoms with Gasteiger partial charge in [-0.2, -0.15) is 0 Å². The minimum absolute atomic E-state index is 0.169. The van der Waals surface area contributed by atoms with Gasteiger partial charge in [0.25, 0.3) is 0 Å². The second-order valence-corrected chi connectivity index (χ2v) is 8.76. The van der Waals surface area contributed by atoms with Crippen LogP contribution in [0.1, 0.15) is 43.0 Å². The molecule has 1 N–H and O–H groups in total. The van der Waals surface area contributed by atoms with Crippen molar-refractivity contribution in [1.82, 2.24) is 5.32 Å². The Hall–Kier alpha value is -2.34. The average molecular weight is 389 g/mol. The minimum atomic E-state index is -3.61. The maximum atomic E-state index is 12.9. The molecule has 0 aromatic heterocycles. The Bertz CT molecular complexity index is 895. The molecule has 0 heterocycles. The highest BCUT2D eigenvalue weighted by atomic mass is 32.2. The topological polar surface area (TPSA) is 66.5 Å². The predicted molar refractivity (Wildman–Crippen MR) is 110 cm³/mol. The molecule has 2 aromatic carbocycles. The van der Waals surface area contributed by atoms with Gasteiger partial charge >= 0.3 is 0 Å². The molecule has 146 valence electrons. The molecule has 0 aliphatic rings. The van der Waals surface area contributed by atoms with Gasteiger partial charge in [0.2, 0.25) is 15.9 Å². The van der Waals surface area contributed by atoms with Gasteiger partial charge < -0.3 is 5.32 Å². The first-order valence-corrected chi connectivity index (χ1v) is 10.9. The molecule has 1 amide bonds. The third-order valence-electron chi connectivity index (χ3n) is 4.62. The molecule has 0 saturated carbocycles. The molecule has 0 aliphatic carbocycles. The lowest BCUT2D eigenvalue weighted by atomic mass is 9.97. The first-order valence-electron chi connectivity index (χ1n) is 9.07. The number of amides is 1. The van der Waals surface area contributed by atoms with Gasteiger partial charge in [-0.15, -0.1) is 0 Å². The Balaban J connectivity index is 2.28. The van der Waals surface area contributed by atoms with Crippen molar-refractivity contribution in [2.45, 2.75) is 46.2 Å². The fourth-order valence-corrected chi connectivity index (χ4v) is 4.47. The minimum Gasteiger partial charge on any atom is -0.347 e. The lowest BCUT2D eigenvalue weighted by Gasteiger charge is -2.30. The first kappa shape index (κ1) is 21.0. The summed E-state index contributed by atoms with van der Waals surface area (Å²) in [5, 5.41) is 3.02. The summed E-state index contributed by atoms with van der Waals surface area (Å²) in [7, 11) is -3.61. The van der Waals surface area contributed by atoms with E-state index in [1.807, 2.05) is 39.0 Å². The molecule has 2 atom stereocenters. The summed E-state index contributed by atoms with van der Waals surface area (Å²) >= 11 is 0. The highest BCUT2D eigenvalue weighted by Crippen LogP contribution is 2.24. The summed E-state index contributed by atoms with van der Waals surface area (Å²) < 4.78 is 25.8. The Kier molecular flexibility index (Phi) is 6.65. The van der Waals surface area contributed by atoms with E-state index in [1.165, 1.54) is 0 Å². The molecule has 0 fully saturated rings. The van der Waals surface area contributed by atoms with E-state index < -0.39 is 16.1 Å². The lowest BCUT2D eigenvalue weighted by Crippen LogP contribution is -2.48. The highest BCUT2D eigenvalue weighted by molar-refractivity contribution is 7.92. The molecule has 5 nitrogen and oxygen atoms in total. The Morgan fingerprint density at radius 1 is 1.11 bits per heavy atom. The first-order chi connectivity index (χ1) is 12.6. The number of rotatable bonds is 7. The van der Waals surface area contributed by atoms with Crippen LogP contribution in [0.2, 0.25) is 0 Å². The van der Waals surface area contributed by atoms with Crippen molar-refractivity contribution in [3.05, 3.63) is 65.2 Å². The zero-order valence-electron chi connectivity index (χ0n) is 16.6. The monoisotopic (exact) mass is 388 g/mol. The number of aryl methyl sites for hydroxylation is 2. The number of nitrogens with one attached hydrogen (secondary N) is 1. The van der Waals surface area contributed by atoms with Crippen LogP contribution in [-0.4, -0.2) is 26.6 Å². The molecule has 0 saturated heterocycles. The van der Waals surface area contributed by atoms with Crippen molar-refractivity contribution in [2.24, 2.45) is 0 Å². The van der Waals surface area contributed by atoms with E-state index in [1.54, 1.807) is 31.2 Å². The Labute approximate surface area is 162 Å². The van der Waals surface area contributed by atoms with Crippen molar-refractivity contribution in [2.75, 3.05) is 10.6 Å². The van der Waals surface area contributed by atoms with E-state index in [0.29, 0.717) is 12.1 Å². The lowest BCUT2D eigenvalue weighted by molar-refractivity contribution is -0.122. The van der Waals surface area contributed by atoms with Crippen molar-refractivity contribution < 1.29 is 13.2 Å². The van der Waals surface area contributed by atoms with E-state index in [0.717, 1.165) is 27.3 Å². The summed E-state index contributed by atoms with van der Waals surface area (Å²) in [4.78, 5) is 12.9. The van der Waals surface area contributed by atoms with E-state index >= 15 is 0 Å². The van der Waals surface area contributed by atoms with E-state index in [9.17, 15) is 13.2 Å². The quantitative estimate of drug-likeness (QED) is 0.786. The van der Waals surface area contributed by atoms with Crippen molar-refractivity contribution in [1.29, 1.82) is 0 Å². The molecule has 0 aliphatic heterocycles. The van der Waals surface area contributed by atoms with Crippen LogP contribution in [0.4, 0.5) is 5.69 Å². The van der Waals surface area contributed by atoms with Crippen LogP contribution >= 0.6 is 0 Å². The van der Waals surface area contributed by atoms with Gasteiger partial charge in [0.05, 0.1) is 18.0 Å². The van der Waals surface area contributed by atoms with Crippen molar-refractivity contribution in [3.63, 3.8) is 0 Å². The third kappa shape index (κ3) is 5.10. The maximum absolute atomic E-state index is 12.9. The van der Waals surface area contributed by atoms with Gasteiger partial charge in [-0.25, -0.2) is 8.42 Å². The molecule has 27 heavy (non-hydrogen) atoms. The number of carbonyl (C=O) groups excluding carboxylic acids is 1. The van der Waals surface area contributed by atoms with Crippen LogP contribution in [-0.2, 0) is 14.8 Å². The number of carbonyl (C=O) groups is 1. The molecule has 0 bridgehead atoms. The fraction of sp³-hybridized carbons (Fsp3) is 0.381. The van der Waals surface area contributed by atoms with Crippen LogP contribution in [0.15, 0.2) is 48.5 Å². The zero-order chi connectivity index (χ0) is 20.2. The van der Waals surface area contributed by atoms with Crippen LogP contribution in [0, 0.1) is 13.8 Å². The molecule has 6 heteroatoms. The van der Waals surface area contributed by atoms with Crippen LogP contribution in [0.5, 0.6) is 0 Å². The number of anilines is 1. The summed E-state index contributed by atoms with van der Waals surface area (Å²) in [6.07, 6.45) is 1.83. The largest absolute Gasteiger partial charge is 0.347 e. The number of para-hydroxylation sites is 1. The average Bonchev–Trinajstić information content (AvgIpc) is 2.59. The SMILES string of the molecule is CC[C@H](NC(=O)[C@@H](C)N(c1ccccc1)S(C)(=O)=O)c1ccc(C)cc1C. The van der Waals surface area contributed by atoms with Crippen LogP contribution in [0.25, 0.3) is 0 Å². The van der Waals surface area contributed by atoms with Crippen LogP contribution in [0.3, 0.4) is 0 Å². The normalized spacial score (nSPS) is 13.7. The summed E-state index contributed by atoms with van der Waals surface area (Å²) in [6.45, 7) is 7.66. The third-order valence-corrected chi connectivity index (χ3v) is 5.87. The zero-order valence-corrected chi connectivity index (χ0v) is 17.4. The highest BCUT2D eigenvalue weighted by Gasteiger charge is 2.30. The summed E-state index contributed by atoms with van der Waals surface area (Å²) in [5.41, 5.74) is 3.80. The fourth-order valence-electron chi connectivity index (χ4n) is 3.29. The maximum Gasteiger partial charge on any atom is 0.244 e. The standard InChI is InChI=1S/C21H28N2O3S/c1-6-20(19-13-12-15(2)14-16(19)3)22-21(24)17(4)23(27(5,25)26)18-10-8-7-9-11-18/h7-14,17,20H,6H2,1-5H3,(H,22,24)/t17-,20+/m1/s1. The molecule has 2 rings (SSSR count). The smallest absolute Gasteiger partial charge is 0.244 e. The van der Waals surface area contributed by atoms with Gasteiger partial charge in [-0.3, -0.25) is 9.10 Å². The molecule has 2 aromatic rings. The van der Waals surface area contributed by atoms with Gasteiger partial charge in [-0.05, 0) is 50.5 Å². The van der Waals surface area contributed by atoms with Crippen molar-refractivity contribution >= 4 is 21.6 Å². The van der Waals surface area contributed by atoms with Gasteiger partial charge in [0, 0.05) is 0 Å². The molecular formula is C21H28N2O3S. The van der Waals surface area contributed by atoms with Gasteiger partial charge in [-0.1, -0.05) is 48.9 Å². The summed E-state index contributed by atoms with van der Waals surface area (Å²) in [6, 6.07) is 13.8. The van der Waals surface area contributed by atoms with E-state index in [4.69, 9.17) is 0 Å². The second kappa shape index (κ2) is 8.57. The van der Waals surface area contributed by atoms with Gasteiger partial charge in [0.15, 0.2) is 0 Å². The number of benzene rings is 2. The van der Waals surface area contributed by atoms with E-state index in [2.05, 4.69) is 11.4 Å². The summed E-state index contributed by atoms with van der Waals surface area (Å²) in [5.74, 6) is -0.323. The molecule has 0 unspecified atom stereocenters. The molecule has 0 radical (unpaired) electrons. The second-order valence-electron chi connectivity index (χ2n) is 6.90. The van der Waals surface area contributed by atoms with Gasteiger partial charge in [0.1, 0.15) is 6.04 Å². The number of hydrogen-bond acceptors (Lipinski definition) is 3. The molecular weight excluding hydrogens is 360 g/mol. The van der Waals surface area contributed by atoms with Crippen LogP contribution < -0.4 is 9.62 Å². The van der Waals surface area contributed by atoms with Crippen molar-refractivity contribution in [3.8, 4) is 0 Å². The number of hydrogen-bond donors (Lipinski definition) is 1. The number of sulfonamides is 1. The van der Waals surface area contributed by atoms with E-state index in [-0.39, 0.29) is 11.9 Å². The molecule has 0 spiro atoms. The predicted octanol–water partition coefficient (Wildman–Crippen LogP) is 3.73.